The monoisotopic (exact) mass is 236 g/mol. The Morgan fingerprint density at radius 3 is 3.06 bits per heavy atom. The van der Waals surface area contributed by atoms with Gasteiger partial charge in [0.25, 0.3) is 0 Å². The second-order valence-electron chi connectivity index (χ2n) is 4.61. The van der Waals surface area contributed by atoms with E-state index in [1.54, 1.807) is 6.07 Å². The number of hydrogen-bond donors (Lipinski definition) is 1. The van der Waals surface area contributed by atoms with Crippen LogP contribution in [-0.4, -0.2) is 23.9 Å². The van der Waals surface area contributed by atoms with Gasteiger partial charge in [0.15, 0.2) is 0 Å². The topological polar surface area (TPSA) is 46.3 Å². The molecule has 4 heteroatoms. The van der Waals surface area contributed by atoms with Crippen molar-refractivity contribution in [2.45, 2.75) is 19.4 Å². The van der Waals surface area contributed by atoms with E-state index in [0.717, 1.165) is 24.9 Å². The molecule has 1 amide bonds. The third-order valence-electron chi connectivity index (χ3n) is 3.20. The number of nitrogens with zero attached hydrogens (tertiary/aromatic N) is 1. The SMILES string of the molecule is NC(=O)[C@@H]1CCCN(Cc2cccc(F)c2)C1. The van der Waals surface area contributed by atoms with Crippen LogP contribution < -0.4 is 5.73 Å². The molecule has 1 aromatic rings. The van der Waals surface area contributed by atoms with Crippen molar-refractivity contribution in [3.63, 3.8) is 0 Å². The molecule has 1 aromatic carbocycles. The van der Waals surface area contributed by atoms with Gasteiger partial charge in [0.05, 0.1) is 5.92 Å². The van der Waals surface area contributed by atoms with Gasteiger partial charge in [-0.2, -0.15) is 0 Å². The van der Waals surface area contributed by atoms with Crippen LogP contribution in [0.15, 0.2) is 24.3 Å². The van der Waals surface area contributed by atoms with Crippen molar-refractivity contribution in [1.82, 2.24) is 4.90 Å². The van der Waals surface area contributed by atoms with Gasteiger partial charge in [-0.15, -0.1) is 0 Å². The summed E-state index contributed by atoms with van der Waals surface area (Å²) < 4.78 is 13.0. The molecular weight excluding hydrogens is 219 g/mol. The first kappa shape index (κ1) is 12.0. The number of carbonyl (C=O) groups is 1. The predicted octanol–water partition coefficient (Wildman–Crippen LogP) is 1.52. The van der Waals surface area contributed by atoms with Gasteiger partial charge in [0.1, 0.15) is 5.82 Å². The molecule has 1 atom stereocenters. The molecule has 17 heavy (non-hydrogen) atoms. The van der Waals surface area contributed by atoms with E-state index in [0.29, 0.717) is 13.1 Å². The zero-order valence-electron chi connectivity index (χ0n) is 9.73. The minimum Gasteiger partial charge on any atom is -0.369 e. The highest BCUT2D eigenvalue weighted by Crippen LogP contribution is 2.18. The zero-order chi connectivity index (χ0) is 12.3. The second kappa shape index (κ2) is 5.27. The largest absolute Gasteiger partial charge is 0.369 e. The van der Waals surface area contributed by atoms with Gasteiger partial charge in [-0.25, -0.2) is 4.39 Å². The first-order valence-electron chi connectivity index (χ1n) is 5.91. The number of hydrogen-bond acceptors (Lipinski definition) is 2. The lowest BCUT2D eigenvalue weighted by atomic mass is 9.97. The van der Waals surface area contributed by atoms with Crippen molar-refractivity contribution in [3.05, 3.63) is 35.6 Å². The standard InChI is InChI=1S/C13H17FN2O/c14-12-5-1-3-10(7-12)8-16-6-2-4-11(9-16)13(15)17/h1,3,5,7,11H,2,4,6,8-9H2,(H2,15,17)/t11-/m1/s1. The summed E-state index contributed by atoms with van der Waals surface area (Å²) in [6.45, 7) is 2.31. The highest BCUT2D eigenvalue weighted by molar-refractivity contribution is 5.76. The molecule has 0 aliphatic carbocycles. The number of piperidine rings is 1. The molecule has 1 aliphatic heterocycles. The molecule has 1 aliphatic rings. The van der Waals surface area contributed by atoms with Crippen molar-refractivity contribution in [3.8, 4) is 0 Å². The molecule has 1 heterocycles. The maximum Gasteiger partial charge on any atom is 0.221 e. The van der Waals surface area contributed by atoms with E-state index in [-0.39, 0.29) is 17.6 Å². The molecule has 2 rings (SSSR count). The van der Waals surface area contributed by atoms with Crippen LogP contribution in [0.4, 0.5) is 4.39 Å². The van der Waals surface area contributed by atoms with Crippen molar-refractivity contribution in [2.24, 2.45) is 11.7 Å². The summed E-state index contributed by atoms with van der Waals surface area (Å²) in [5, 5.41) is 0. The van der Waals surface area contributed by atoms with Crippen LogP contribution in [0.2, 0.25) is 0 Å². The number of benzene rings is 1. The Morgan fingerprint density at radius 1 is 1.53 bits per heavy atom. The van der Waals surface area contributed by atoms with E-state index in [1.807, 2.05) is 6.07 Å². The summed E-state index contributed by atoms with van der Waals surface area (Å²) >= 11 is 0. The van der Waals surface area contributed by atoms with Gasteiger partial charge in [-0.05, 0) is 37.1 Å². The van der Waals surface area contributed by atoms with Crippen molar-refractivity contribution >= 4 is 5.91 Å². The average molecular weight is 236 g/mol. The van der Waals surface area contributed by atoms with E-state index in [4.69, 9.17) is 5.73 Å². The maximum absolute atomic E-state index is 13.0. The van der Waals surface area contributed by atoms with Crippen LogP contribution in [0.25, 0.3) is 0 Å². The second-order valence-corrected chi connectivity index (χ2v) is 4.61. The Hall–Kier alpha value is -1.42. The van der Waals surface area contributed by atoms with Crippen molar-refractivity contribution < 1.29 is 9.18 Å². The Labute approximate surface area is 100 Å². The summed E-state index contributed by atoms with van der Waals surface area (Å²) in [5.41, 5.74) is 6.26. The fourth-order valence-corrected chi connectivity index (χ4v) is 2.32. The Bertz CT molecular complexity index is 408. The first-order valence-corrected chi connectivity index (χ1v) is 5.91. The number of rotatable bonds is 3. The molecule has 1 saturated heterocycles. The summed E-state index contributed by atoms with van der Waals surface area (Å²) in [7, 11) is 0. The van der Waals surface area contributed by atoms with Gasteiger partial charge >= 0.3 is 0 Å². The zero-order valence-corrected chi connectivity index (χ0v) is 9.73. The number of amides is 1. The molecule has 0 saturated carbocycles. The summed E-state index contributed by atoms with van der Waals surface area (Å²) in [4.78, 5) is 13.3. The minimum absolute atomic E-state index is 0.0580. The molecule has 92 valence electrons. The number of carbonyl (C=O) groups excluding carboxylic acids is 1. The number of likely N-dealkylation sites (tertiary alicyclic amines) is 1. The van der Waals surface area contributed by atoms with Crippen LogP contribution >= 0.6 is 0 Å². The third-order valence-corrected chi connectivity index (χ3v) is 3.20. The van der Waals surface area contributed by atoms with Gasteiger partial charge in [0, 0.05) is 13.1 Å². The molecule has 0 unspecified atom stereocenters. The van der Waals surface area contributed by atoms with Crippen LogP contribution in [0.3, 0.4) is 0 Å². The molecule has 0 radical (unpaired) electrons. The van der Waals surface area contributed by atoms with Crippen LogP contribution in [0.1, 0.15) is 18.4 Å². The fraction of sp³-hybridized carbons (Fsp3) is 0.462. The van der Waals surface area contributed by atoms with E-state index in [1.165, 1.54) is 12.1 Å². The van der Waals surface area contributed by atoms with E-state index >= 15 is 0 Å². The normalized spacial score (nSPS) is 21.4. The Morgan fingerprint density at radius 2 is 2.35 bits per heavy atom. The molecule has 3 nitrogen and oxygen atoms in total. The average Bonchev–Trinajstić information content (AvgIpc) is 2.29. The molecule has 1 fully saturated rings. The minimum atomic E-state index is -0.228. The fourth-order valence-electron chi connectivity index (χ4n) is 2.32. The highest BCUT2D eigenvalue weighted by atomic mass is 19.1. The molecule has 2 N–H and O–H groups in total. The molecular formula is C13H17FN2O. The Kier molecular flexibility index (Phi) is 3.74. The smallest absolute Gasteiger partial charge is 0.221 e. The van der Waals surface area contributed by atoms with E-state index in [9.17, 15) is 9.18 Å². The molecule has 0 bridgehead atoms. The van der Waals surface area contributed by atoms with Gasteiger partial charge in [-0.3, -0.25) is 9.69 Å². The van der Waals surface area contributed by atoms with Crippen molar-refractivity contribution in [1.29, 1.82) is 0 Å². The lowest BCUT2D eigenvalue weighted by Crippen LogP contribution is -2.40. The summed E-state index contributed by atoms with van der Waals surface area (Å²) in [6.07, 6.45) is 1.85. The lowest BCUT2D eigenvalue weighted by Gasteiger charge is -2.31. The molecule has 0 aromatic heterocycles. The maximum atomic E-state index is 13.0. The van der Waals surface area contributed by atoms with Gasteiger partial charge < -0.3 is 5.73 Å². The van der Waals surface area contributed by atoms with E-state index < -0.39 is 0 Å². The first-order chi connectivity index (χ1) is 8.15. The number of primary amides is 1. The van der Waals surface area contributed by atoms with Crippen LogP contribution in [-0.2, 0) is 11.3 Å². The summed E-state index contributed by atoms with van der Waals surface area (Å²) in [5.74, 6) is -0.503. The van der Waals surface area contributed by atoms with Crippen LogP contribution in [0.5, 0.6) is 0 Å². The van der Waals surface area contributed by atoms with Crippen molar-refractivity contribution in [2.75, 3.05) is 13.1 Å². The quantitative estimate of drug-likeness (QED) is 0.865. The summed E-state index contributed by atoms with van der Waals surface area (Å²) in [6, 6.07) is 6.58. The lowest BCUT2D eigenvalue weighted by molar-refractivity contribution is -0.123. The third kappa shape index (κ3) is 3.27. The van der Waals surface area contributed by atoms with Gasteiger partial charge in [-0.1, -0.05) is 12.1 Å². The van der Waals surface area contributed by atoms with Gasteiger partial charge in [0.2, 0.25) is 5.91 Å². The van der Waals surface area contributed by atoms with E-state index in [2.05, 4.69) is 4.90 Å². The van der Waals surface area contributed by atoms with Crippen LogP contribution in [0, 0.1) is 11.7 Å². The molecule has 0 spiro atoms. The number of nitrogens with two attached hydrogens (primary N) is 1. The highest BCUT2D eigenvalue weighted by Gasteiger charge is 2.23. The number of halogens is 1. The predicted molar refractivity (Wildman–Crippen MR) is 63.6 cm³/mol. The Balaban J connectivity index is 1.97.